The second-order valence-electron chi connectivity index (χ2n) is 5.34. The molecule has 0 amide bonds. The molecule has 0 atom stereocenters. The minimum atomic E-state index is 0.202. The minimum Gasteiger partial charge on any atom is -0.293 e. The van der Waals surface area contributed by atoms with Crippen LogP contribution in [0.25, 0.3) is 0 Å². The van der Waals surface area contributed by atoms with Crippen molar-refractivity contribution in [3.8, 4) is 0 Å². The van der Waals surface area contributed by atoms with Gasteiger partial charge in [0.15, 0.2) is 5.78 Å². The number of hydrogen-bond acceptors (Lipinski definition) is 3. The van der Waals surface area contributed by atoms with Gasteiger partial charge in [0.1, 0.15) is 0 Å². The van der Waals surface area contributed by atoms with E-state index in [-0.39, 0.29) is 5.78 Å². The van der Waals surface area contributed by atoms with Crippen molar-refractivity contribution in [1.29, 1.82) is 0 Å². The van der Waals surface area contributed by atoms with E-state index in [0.717, 1.165) is 33.6 Å². The molecular formula is C15H17BrN2OS. The number of Topliss-reactive ketones (excluding diaryl/α,β-unsaturated/α-hetero) is 1. The van der Waals surface area contributed by atoms with Crippen LogP contribution >= 0.6 is 27.3 Å². The Morgan fingerprint density at radius 2 is 2.20 bits per heavy atom. The smallest absolute Gasteiger partial charge is 0.178 e. The normalized spacial score (nSPS) is 14.3. The van der Waals surface area contributed by atoms with Gasteiger partial charge < -0.3 is 0 Å². The van der Waals surface area contributed by atoms with Crippen LogP contribution in [0.4, 0.5) is 0 Å². The number of rotatable bonds is 3. The van der Waals surface area contributed by atoms with Crippen LogP contribution in [-0.4, -0.2) is 15.6 Å². The fourth-order valence-corrected chi connectivity index (χ4v) is 4.41. The Bertz CT molecular complexity index is 648. The Morgan fingerprint density at radius 1 is 1.45 bits per heavy atom. The van der Waals surface area contributed by atoms with Gasteiger partial charge in [-0.15, -0.1) is 11.3 Å². The molecule has 1 aliphatic carbocycles. The van der Waals surface area contributed by atoms with Gasteiger partial charge in [-0.1, -0.05) is 0 Å². The van der Waals surface area contributed by atoms with Gasteiger partial charge in [-0.2, -0.15) is 5.10 Å². The van der Waals surface area contributed by atoms with Gasteiger partial charge in [-0.3, -0.25) is 9.48 Å². The standard InChI is InChI=1S/C15H17BrN2OS/c1-9-15(16)11(18(2)17-9)8-12(19)14-7-10-5-3-4-6-13(10)20-14/h7H,3-6,8H2,1-2H3. The number of ketones is 1. The van der Waals surface area contributed by atoms with Gasteiger partial charge in [0.2, 0.25) is 0 Å². The maximum absolute atomic E-state index is 12.5. The van der Waals surface area contributed by atoms with Crippen LogP contribution in [0.2, 0.25) is 0 Å². The summed E-state index contributed by atoms with van der Waals surface area (Å²) in [6.07, 6.45) is 5.20. The highest BCUT2D eigenvalue weighted by Gasteiger charge is 2.20. The van der Waals surface area contributed by atoms with Gasteiger partial charge in [0.25, 0.3) is 0 Å². The molecule has 3 rings (SSSR count). The van der Waals surface area contributed by atoms with Gasteiger partial charge in [-0.25, -0.2) is 0 Å². The van der Waals surface area contributed by atoms with Crippen LogP contribution in [0, 0.1) is 6.92 Å². The molecule has 0 unspecified atom stereocenters. The molecule has 2 aromatic rings. The molecule has 0 saturated heterocycles. The van der Waals surface area contributed by atoms with E-state index in [1.54, 1.807) is 16.0 Å². The molecule has 5 heteroatoms. The molecule has 0 bridgehead atoms. The van der Waals surface area contributed by atoms with Crippen molar-refractivity contribution in [1.82, 2.24) is 9.78 Å². The average Bonchev–Trinajstić information content (AvgIpc) is 2.95. The van der Waals surface area contributed by atoms with Crippen molar-refractivity contribution in [2.75, 3.05) is 0 Å². The second-order valence-corrected chi connectivity index (χ2v) is 7.27. The van der Waals surface area contributed by atoms with E-state index >= 15 is 0 Å². The highest BCUT2D eigenvalue weighted by molar-refractivity contribution is 9.10. The Labute approximate surface area is 131 Å². The molecule has 2 aromatic heterocycles. The highest BCUT2D eigenvalue weighted by atomic mass is 79.9. The predicted molar refractivity (Wildman–Crippen MR) is 84.6 cm³/mol. The lowest BCUT2D eigenvalue weighted by Crippen LogP contribution is -2.07. The van der Waals surface area contributed by atoms with E-state index in [2.05, 4.69) is 27.1 Å². The molecule has 1 aliphatic rings. The first-order valence-corrected chi connectivity index (χ1v) is 8.50. The lowest BCUT2D eigenvalue weighted by molar-refractivity contribution is 0.0994. The van der Waals surface area contributed by atoms with Crippen molar-refractivity contribution in [2.24, 2.45) is 7.05 Å². The highest BCUT2D eigenvalue weighted by Crippen LogP contribution is 2.31. The van der Waals surface area contributed by atoms with Crippen LogP contribution in [0.1, 0.15) is 44.3 Å². The zero-order valence-corrected chi connectivity index (χ0v) is 14.1. The summed E-state index contributed by atoms with van der Waals surface area (Å²) in [5, 5.41) is 4.34. The van der Waals surface area contributed by atoms with Crippen LogP contribution in [0.5, 0.6) is 0 Å². The molecule has 3 nitrogen and oxygen atoms in total. The monoisotopic (exact) mass is 352 g/mol. The van der Waals surface area contributed by atoms with E-state index in [1.807, 2.05) is 14.0 Å². The molecule has 0 aromatic carbocycles. The number of halogens is 1. The van der Waals surface area contributed by atoms with Gasteiger partial charge in [0.05, 0.1) is 27.2 Å². The summed E-state index contributed by atoms with van der Waals surface area (Å²) in [5.74, 6) is 0.202. The van der Waals surface area contributed by atoms with Gasteiger partial charge in [-0.05, 0) is 60.2 Å². The molecule has 2 heterocycles. The molecular weight excluding hydrogens is 336 g/mol. The Balaban J connectivity index is 1.84. The van der Waals surface area contributed by atoms with Crippen molar-refractivity contribution < 1.29 is 4.79 Å². The molecule has 0 N–H and O–H groups in total. The van der Waals surface area contributed by atoms with Crippen LogP contribution in [0.3, 0.4) is 0 Å². The number of thiophene rings is 1. The maximum Gasteiger partial charge on any atom is 0.178 e. The van der Waals surface area contributed by atoms with E-state index in [4.69, 9.17) is 0 Å². The molecule has 0 radical (unpaired) electrons. The minimum absolute atomic E-state index is 0.202. The number of aryl methyl sites for hydroxylation is 4. The summed E-state index contributed by atoms with van der Waals surface area (Å²) < 4.78 is 2.75. The summed E-state index contributed by atoms with van der Waals surface area (Å²) in [6, 6.07) is 2.11. The Morgan fingerprint density at radius 3 is 2.85 bits per heavy atom. The van der Waals surface area contributed by atoms with Crippen molar-refractivity contribution in [3.63, 3.8) is 0 Å². The molecule has 0 fully saturated rings. The van der Waals surface area contributed by atoms with E-state index in [0.29, 0.717) is 6.42 Å². The summed E-state index contributed by atoms with van der Waals surface area (Å²) >= 11 is 5.21. The number of carbonyl (C=O) groups excluding carboxylic acids is 1. The van der Waals surface area contributed by atoms with Crippen molar-refractivity contribution >= 4 is 33.0 Å². The maximum atomic E-state index is 12.5. The SMILES string of the molecule is Cc1nn(C)c(CC(=O)c2cc3c(s2)CCCC3)c1Br. The van der Waals surface area contributed by atoms with Crippen LogP contribution in [-0.2, 0) is 26.3 Å². The molecule has 0 aliphatic heterocycles. The van der Waals surface area contributed by atoms with Gasteiger partial charge in [0, 0.05) is 11.9 Å². The first kappa shape index (κ1) is 14.0. The zero-order valence-electron chi connectivity index (χ0n) is 11.7. The Hall–Kier alpha value is -0.940. The quantitative estimate of drug-likeness (QED) is 0.786. The summed E-state index contributed by atoms with van der Waals surface area (Å²) in [7, 11) is 1.89. The van der Waals surface area contributed by atoms with Gasteiger partial charge >= 0.3 is 0 Å². The third-order valence-corrected chi connectivity index (χ3v) is 6.17. The average molecular weight is 353 g/mol. The zero-order chi connectivity index (χ0) is 14.3. The first-order chi connectivity index (χ1) is 9.56. The lowest BCUT2D eigenvalue weighted by atomic mass is 9.99. The number of nitrogens with zero attached hydrogens (tertiary/aromatic N) is 2. The van der Waals surface area contributed by atoms with Crippen LogP contribution < -0.4 is 0 Å². The number of aromatic nitrogens is 2. The number of carbonyl (C=O) groups is 1. The predicted octanol–water partition coefficient (Wildman–Crippen LogP) is 3.86. The summed E-state index contributed by atoms with van der Waals surface area (Å²) in [5.41, 5.74) is 3.28. The summed E-state index contributed by atoms with van der Waals surface area (Å²) in [6.45, 7) is 1.95. The van der Waals surface area contributed by atoms with E-state index in [9.17, 15) is 4.79 Å². The molecule has 20 heavy (non-hydrogen) atoms. The fourth-order valence-electron chi connectivity index (χ4n) is 2.74. The Kier molecular flexibility index (Phi) is 3.82. The number of hydrogen-bond donors (Lipinski definition) is 0. The summed E-state index contributed by atoms with van der Waals surface area (Å²) in [4.78, 5) is 14.8. The third kappa shape index (κ3) is 2.49. The van der Waals surface area contributed by atoms with E-state index < -0.39 is 0 Å². The molecule has 0 saturated carbocycles. The lowest BCUT2D eigenvalue weighted by Gasteiger charge is -2.08. The number of fused-ring (bicyclic) bond motifs is 1. The van der Waals surface area contributed by atoms with Crippen molar-refractivity contribution in [3.05, 3.63) is 37.2 Å². The fraction of sp³-hybridized carbons (Fsp3) is 0.467. The topological polar surface area (TPSA) is 34.9 Å². The second kappa shape index (κ2) is 5.45. The van der Waals surface area contributed by atoms with Crippen LogP contribution in [0.15, 0.2) is 10.5 Å². The molecule has 106 valence electrons. The largest absolute Gasteiger partial charge is 0.293 e. The van der Waals surface area contributed by atoms with Crippen molar-refractivity contribution in [2.45, 2.75) is 39.0 Å². The first-order valence-electron chi connectivity index (χ1n) is 6.89. The third-order valence-electron chi connectivity index (χ3n) is 3.86. The molecule has 0 spiro atoms. The van der Waals surface area contributed by atoms with E-state index in [1.165, 1.54) is 23.3 Å².